The molecule has 13 nitrogen and oxygen atoms in total. The third-order valence-electron chi connectivity index (χ3n) is 6.09. The molecule has 1 aliphatic rings. The fourth-order valence-corrected chi connectivity index (χ4v) is 4.23. The van der Waals surface area contributed by atoms with E-state index in [0.29, 0.717) is 18.5 Å². The molecule has 8 N–H and O–H groups in total. The van der Waals surface area contributed by atoms with E-state index in [1.807, 2.05) is 6.07 Å². The second-order valence-electron chi connectivity index (χ2n) is 8.90. The monoisotopic (exact) mass is 513 g/mol. The Hall–Kier alpha value is -4.26. The molecular formula is C24H31N7O6. The second kappa shape index (κ2) is 12.6. The Labute approximate surface area is 213 Å². The van der Waals surface area contributed by atoms with Crippen LogP contribution in [0, 0.1) is 0 Å². The highest BCUT2D eigenvalue weighted by atomic mass is 16.4. The summed E-state index contributed by atoms with van der Waals surface area (Å²) < 4.78 is 0. The minimum Gasteiger partial charge on any atom is -0.480 e. The van der Waals surface area contributed by atoms with Crippen LogP contribution in [0.2, 0.25) is 0 Å². The molecule has 0 aliphatic carbocycles. The lowest BCUT2D eigenvalue weighted by Gasteiger charge is -2.28. The van der Waals surface area contributed by atoms with Gasteiger partial charge in [-0.2, -0.15) is 0 Å². The SMILES string of the molecule is NC(=O)CC(NC(=O)C(N)Cc1ccccc1)C(=O)NC(Cc1cnc[nH]1)C(=O)N1CCCC1C(=O)O. The number of aliphatic carboxylic acids is 1. The van der Waals surface area contributed by atoms with Gasteiger partial charge < -0.3 is 37.1 Å². The minimum absolute atomic E-state index is 0.0157. The fourth-order valence-electron chi connectivity index (χ4n) is 4.23. The number of amides is 4. The maximum absolute atomic E-state index is 13.3. The predicted molar refractivity (Wildman–Crippen MR) is 130 cm³/mol. The lowest BCUT2D eigenvalue weighted by molar-refractivity contribution is -0.149. The number of benzene rings is 1. The molecule has 1 saturated heterocycles. The number of nitrogens with one attached hydrogen (secondary N) is 3. The summed E-state index contributed by atoms with van der Waals surface area (Å²) in [5, 5.41) is 14.5. The van der Waals surface area contributed by atoms with Crippen molar-refractivity contribution in [3.05, 3.63) is 54.1 Å². The number of nitrogens with two attached hydrogens (primary N) is 2. The number of carbonyl (C=O) groups excluding carboxylic acids is 4. The van der Waals surface area contributed by atoms with Crippen LogP contribution in [0.1, 0.15) is 30.5 Å². The molecule has 0 bridgehead atoms. The smallest absolute Gasteiger partial charge is 0.326 e. The van der Waals surface area contributed by atoms with Crippen molar-refractivity contribution in [2.24, 2.45) is 11.5 Å². The van der Waals surface area contributed by atoms with Gasteiger partial charge in [0, 0.05) is 24.9 Å². The third-order valence-corrected chi connectivity index (χ3v) is 6.09. The topological polar surface area (TPSA) is 214 Å². The Morgan fingerprint density at radius 1 is 1.08 bits per heavy atom. The molecule has 4 atom stereocenters. The van der Waals surface area contributed by atoms with Crippen LogP contribution in [-0.2, 0) is 36.8 Å². The number of carboxylic acid groups (broad SMARTS) is 1. The van der Waals surface area contributed by atoms with Crippen molar-refractivity contribution in [3.8, 4) is 0 Å². The van der Waals surface area contributed by atoms with E-state index in [4.69, 9.17) is 11.5 Å². The van der Waals surface area contributed by atoms with Gasteiger partial charge in [0.15, 0.2) is 0 Å². The number of hydrogen-bond donors (Lipinski definition) is 6. The standard InChI is InChI=1S/C24H31N7O6/c25-16(9-14-5-2-1-3-6-14)21(33)29-17(11-20(26)32)22(34)30-18(10-15-12-27-13-28-15)23(35)31-8-4-7-19(31)24(36)37/h1-3,5-6,12-13,16-19H,4,7-11,25H2,(H2,26,32)(H,27,28)(H,29,33)(H,30,34)(H,36,37). The third kappa shape index (κ3) is 7.61. The van der Waals surface area contributed by atoms with Crippen molar-refractivity contribution in [1.29, 1.82) is 0 Å². The van der Waals surface area contributed by atoms with E-state index < -0.39 is 60.2 Å². The summed E-state index contributed by atoms with van der Waals surface area (Å²) >= 11 is 0. The van der Waals surface area contributed by atoms with Gasteiger partial charge in [0.1, 0.15) is 18.1 Å². The first-order valence-corrected chi connectivity index (χ1v) is 11.8. The summed E-state index contributed by atoms with van der Waals surface area (Å²) in [5.74, 6) is -4.09. The molecule has 1 aliphatic heterocycles. The molecule has 2 aromatic rings. The number of aromatic amines is 1. The van der Waals surface area contributed by atoms with Crippen molar-refractivity contribution >= 4 is 29.6 Å². The highest BCUT2D eigenvalue weighted by Crippen LogP contribution is 2.19. The van der Waals surface area contributed by atoms with E-state index in [1.54, 1.807) is 24.3 Å². The zero-order valence-corrected chi connectivity index (χ0v) is 20.1. The zero-order chi connectivity index (χ0) is 26.9. The molecule has 1 aromatic heterocycles. The molecule has 0 saturated carbocycles. The van der Waals surface area contributed by atoms with Gasteiger partial charge in [-0.3, -0.25) is 19.2 Å². The Kier molecular flexibility index (Phi) is 9.33. The summed E-state index contributed by atoms with van der Waals surface area (Å²) in [7, 11) is 0. The Bertz CT molecular complexity index is 1110. The number of imidazole rings is 1. The summed E-state index contributed by atoms with van der Waals surface area (Å²) in [6.07, 6.45) is 3.33. The van der Waals surface area contributed by atoms with E-state index >= 15 is 0 Å². The van der Waals surface area contributed by atoms with Crippen LogP contribution < -0.4 is 22.1 Å². The van der Waals surface area contributed by atoms with Crippen LogP contribution in [0.4, 0.5) is 0 Å². The second-order valence-corrected chi connectivity index (χ2v) is 8.90. The van der Waals surface area contributed by atoms with Crippen LogP contribution in [0.5, 0.6) is 0 Å². The van der Waals surface area contributed by atoms with Crippen LogP contribution in [0.15, 0.2) is 42.9 Å². The molecule has 37 heavy (non-hydrogen) atoms. The number of carboxylic acids is 1. The Balaban J connectivity index is 1.74. The molecular weight excluding hydrogens is 482 g/mol. The van der Waals surface area contributed by atoms with Crippen molar-refractivity contribution in [2.45, 2.75) is 56.3 Å². The summed E-state index contributed by atoms with van der Waals surface area (Å²) in [6.45, 7) is 0.223. The largest absolute Gasteiger partial charge is 0.480 e. The van der Waals surface area contributed by atoms with Crippen LogP contribution in [0.3, 0.4) is 0 Å². The van der Waals surface area contributed by atoms with E-state index in [9.17, 15) is 29.1 Å². The average molecular weight is 514 g/mol. The van der Waals surface area contributed by atoms with Gasteiger partial charge >= 0.3 is 5.97 Å². The Morgan fingerprint density at radius 2 is 1.78 bits per heavy atom. The van der Waals surface area contributed by atoms with Gasteiger partial charge in [-0.25, -0.2) is 9.78 Å². The molecule has 198 valence electrons. The number of nitrogens with zero attached hydrogens (tertiary/aromatic N) is 2. The quantitative estimate of drug-likeness (QED) is 0.195. The summed E-state index contributed by atoms with van der Waals surface area (Å²) in [6, 6.07) is 4.44. The maximum Gasteiger partial charge on any atom is 0.326 e. The summed E-state index contributed by atoms with van der Waals surface area (Å²) in [4.78, 5) is 70.5. The number of primary amides is 1. The van der Waals surface area contributed by atoms with Gasteiger partial charge in [0.2, 0.25) is 23.6 Å². The number of likely N-dealkylation sites (tertiary alicyclic amines) is 1. The number of aromatic nitrogens is 2. The highest BCUT2D eigenvalue weighted by molar-refractivity contribution is 5.96. The predicted octanol–water partition coefficient (Wildman–Crippen LogP) is -1.56. The number of H-pyrrole nitrogens is 1. The number of rotatable bonds is 12. The van der Waals surface area contributed by atoms with Crippen LogP contribution in [0.25, 0.3) is 0 Å². The van der Waals surface area contributed by atoms with E-state index in [-0.39, 0.29) is 19.4 Å². The first-order valence-electron chi connectivity index (χ1n) is 11.8. The first-order chi connectivity index (χ1) is 17.7. The molecule has 4 unspecified atom stereocenters. The molecule has 0 spiro atoms. The number of hydrogen-bond acceptors (Lipinski definition) is 7. The highest BCUT2D eigenvalue weighted by Gasteiger charge is 2.38. The molecule has 0 radical (unpaired) electrons. The molecule has 13 heteroatoms. The lowest BCUT2D eigenvalue weighted by atomic mass is 10.0. The van der Waals surface area contributed by atoms with Crippen molar-refractivity contribution in [2.75, 3.05) is 6.54 Å². The van der Waals surface area contributed by atoms with Crippen LogP contribution >= 0.6 is 0 Å². The molecule has 1 fully saturated rings. The van der Waals surface area contributed by atoms with Gasteiger partial charge in [-0.15, -0.1) is 0 Å². The van der Waals surface area contributed by atoms with E-state index in [2.05, 4.69) is 20.6 Å². The Morgan fingerprint density at radius 3 is 2.41 bits per heavy atom. The summed E-state index contributed by atoms with van der Waals surface area (Å²) in [5.41, 5.74) is 12.6. The van der Waals surface area contributed by atoms with Crippen molar-refractivity contribution < 1.29 is 29.1 Å². The maximum atomic E-state index is 13.3. The van der Waals surface area contributed by atoms with Gasteiger partial charge in [-0.05, 0) is 24.8 Å². The fraction of sp³-hybridized carbons (Fsp3) is 0.417. The van der Waals surface area contributed by atoms with E-state index in [1.165, 1.54) is 17.4 Å². The minimum atomic E-state index is -1.39. The number of carbonyl (C=O) groups is 5. The zero-order valence-electron chi connectivity index (χ0n) is 20.1. The van der Waals surface area contributed by atoms with Gasteiger partial charge in [0.05, 0.1) is 18.8 Å². The van der Waals surface area contributed by atoms with E-state index in [0.717, 1.165) is 5.56 Å². The molecule has 2 heterocycles. The molecule has 3 rings (SSSR count). The van der Waals surface area contributed by atoms with Crippen LogP contribution in [-0.4, -0.2) is 80.3 Å². The van der Waals surface area contributed by atoms with Crippen molar-refractivity contribution in [1.82, 2.24) is 25.5 Å². The molecule has 1 aromatic carbocycles. The lowest BCUT2D eigenvalue weighted by Crippen LogP contribution is -2.58. The van der Waals surface area contributed by atoms with Gasteiger partial charge in [-0.1, -0.05) is 30.3 Å². The van der Waals surface area contributed by atoms with Crippen molar-refractivity contribution in [3.63, 3.8) is 0 Å². The van der Waals surface area contributed by atoms with Gasteiger partial charge in [0.25, 0.3) is 0 Å². The molecule has 4 amide bonds. The first kappa shape index (κ1) is 27.3. The normalized spacial score (nSPS) is 17.4. The average Bonchev–Trinajstić information content (AvgIpc) is 3.55.